The Bertz CT molecular complexity index is 1180. The number of rotatable bonds is 7. The fourth-order valence-electron chi connectivity index (χ4n) is 2.80. The van der Waals surface area contributed by atoms with Gasteiger partial charge in [0.15, 0.2) is 6.10 Å². The van der Waals surface area contributed by atoms with Crippen LogP contribution in [0.4, 0.5) is 13.2 Å². The van der Waals surface area contributed by atoms with Crippen molar-refractivity contribution in [2.45, 2.75) is 39.6 Å². The molecule has 0 spiro atoms. The van der Waals surface area contributed by atoms with Gasteiger partial charge in [0.05, 0.1) is 22.7 Å². The number of esters is 1. The van der Waals surface area contributed by atoms with Crippen LogP contribution in [0.5, 0.6) is 0 Å². The molecule has 0 saturated heterocycles. The lowest BCUT2D eigenvalue weighted by atomic mass is 10.1. The Morgan fingerprint density at radius 1 is 1.09 bits per heavy atom. The van der Waals surface area contributed by atoms with Crippen LogP contribution in [-0.4, -0.2) is 28.7 Å². The molecule has 2 aromatic heterocycles. The van der Waals surface area contributed by atoms with Gasteiger partial charge in [-0.15, -0.1) is 22.7 Å². The lowest BCUT2D eigenvalue weighted by molar-refractivity contribution is -0.137. The molecule has 2 heterocycles. The number of benzene rings is 1. The highest BCUT2D eigenvalue weighted by molar-refractivity contribution is 7.17. The number of aromatic nitrogens is 1. The molecule has 6 nitrogen and oxygen atoms in total. The summed E-state index contributed by atoms with van der Waals surface area (Å²) in [4.78, 5) is 41.9. The number of ether oxygens (including phenoxy) is 1. The molecule has 3 aromatic rings. The summed E-state index contributed by atoms with van der Waals surface area (Å²) in [5.74, 6) is -1.30. The van der Waals surface area contributed by atoms with Gasteiger partial charge in [0.25, 0.3) is 0 Å². The zero-order chi connectivity index (χ0) is 24.3. The molecule has 0 aliphatic carbocycles. The highest BCUT2D eigenvalue weighted by atomic mass is 32.1. The third kappa shape index (κ3) is 6.05. The molecular formula is C22H19F3N2O4S2. The van der Waals surface area contributed by atoms with Crippen LogP contribution in [0.3, 0.4) is 0 Å². The second-order valence-corrected chi connectivity index (χ2v) is 9.26. The SMILES string of the molecule is CC(=O)NCc1ccc(C(=O)C(C)OC(=O)c2sc(-c3ccc(C(F)(F)F)cc3)nc2C)s1. The molecule has 1 aromatic carbocycles. The number of alkyl halides is 3. The van der Waals surface area contributed by atoms with E-state index in [1.54, 1.807) is 19.1 Å². The second kappa shape index (κ2) is 9.84. The van der Waals surface area contributed by atoms with E-state index >= 15 is 0 Å². The number of hydrogen-bond acceptors (Lipinski definition) is 7. The van der Waals surface area contributed by atoms with Crippen molar-refractivity contribution in [2.75, 3.05) is 0 Å². The molecule has 1 atom stereocenters. The number of Topliss-reactive ketones (excluding diaryl/α,β-unsaturated/α-hetero) is 1. The number of thiazole rings is 1. The van der Waals surface area contributed by atoms with Crippen molar-refractivity contribution < 1.29 is 32.3 Å². The maximum Gasteiger partial charge on any atom is 0.416 e. The number of thiophene rings is 1. The molecule has 0 fully saturated rings. The molecule has 0 radical (unpaired) electrons. The summed E-state index contributed by atoms with van der Waals surface area (Å²) in [6, 6.07) is 7.80. The van der Waals surface area contributed by atoms with Gasteiger partial charge in [-0.2, -0.15) is 13.2 Å². The molecule has 1 N–H and O–H groups in total. The van der Waals surface area contributed by atoms with E-state index in [1.165, 1.54) is 37.3 Å². The predicted molar refractivity (Wildman–Crippen MR) is 118 cm³/mol. The largest absolute Gasteiger partial charge is 0.450 e. The van der Waals surface area contributed by atoms with Gasteiger partial charge >= 0.3 is 12.1 Å². The Balaban J connectivity index is 1.68. The zero-order valence-electron chi connectivity index (χ0n) is 17.8. The van der Waals surface area contributed by atoms with Crippen molar-refractivity contribution in [3.05, 3.63) is 62.3 Å². The van der Waals surface area contributed by atoms with E-state index < -0.39 is 23.8 Å². The Labute approximate surface area is 195 Å². The van der Waals surface area contributed by atoms with Crippen molar-refractivity contribution in [3.8, 4) is 10.6 Å². The Kier molecular flexibility index (Phi) is 7.33. The number of hydrogen-bond donors (Lipinski definition) is 1. The van der Waals surface area contributed by atoms with Gasteiger partial charge in [-0.1, -0.05) is 12.1 Å². The topological polar surface area (TPSA) is 85.4 Å². The van der Waals surface area contributed by atoms with Crippen molar-refractivity contribution >= 4 is 40.3 Å². The van der Waals surface area contributed by atoms with E-state index in [2.05, 4.69) is 10.3 Å². The number of nitrogens with zero attached hydrogens (tertiary/aromatic N) is 1. The Morgan fingerprint density at radius 3 is 2.36 bits per heavy atom. The summed E-state index contributed by atoms with van der Waals surface area (Å²) in [5.41, 5.74) is 0.0122. The number of carbonyl (C=O) groups is 3. The maximum absolute atomic E-state index is 12.8. The highest BCUT2D eigenvalue weighted by Gasteiger charge is 2.30. The van der Waals surface area contributed by atoms with Gasteiger partial charge < -0.3 is 10.1 Å². The van der Waals surface area contributed by atoms with Crippen LogP contribution >= 0.6 is 22.7 Å². The van der Waals surface area contributed by atoms with E-state index in [9.17, 15) is 27.6 Å². The van der Waals surface area contributed by atoms with Crippen molar-refractivity contribution in [2.24, 2.45) is 0 Å². The number of nitrogens with one attached hydrogen (secondary N) is 1. The Morgan fingerprint density at radius 2 is 1.76 bits per heavy atom. The zero-order valence-corrected chi connectivity index (χ0v) is 19.4. The average Bonchev–Trinajstić information content (AvgIpc) is 3.38. The molecule has 0 bridgehead atoms. The van der Waals surface area contributed by atoms with Gasteiger partial charge in [0.1, 0.15) is 9.88 Å². The fourth-order valence-corrected chi connectivity index (χ4v) is 4.72. The first kappa shape index (κ1) is 24.6. The minimum atomic E-state index is -4.44. The van der Waals surface area contributed by atoms with Gasteiger partial charge in [-0.25, -0.2) is 9.78 Å². The van der Waals surface area contributed by atoms with Gasteiger partial charge in [-0.05, 0) is 38.1 Å². The summed E-state index contributed by atoms with van der Waals surface area (Å²) in [6.45, 7) is 4.74. The summed E-state index contributed by atoms with van der Waals surface area (Å²) in [5, 5.41) is 3.01. The van der Waals surface area contributed by atoms with Crippen LogP contribution < -0.4 is 5.32 Å². The number of carbonyl (C=O) groups excluding carboxylic acids is 3. The standard InChI is InChI=1S/C22H19F3N2O4S2/c1-11-19(33-20(27-11)14-4-6-15(7-5-14)22(23,24)25)21(30)31-12(2)18(29)17-9-8-16(32-17)10-26-13(3)28/h4-9,12H,10H2,1-3H3,(H,26,28). The van der Waals surface area contributed by atoms with E-state index in [4.69, 9.17) is 4.74 Å². The van der Waals surface area contributed by atoms with Crippen LogP contribution in [0.2, 0.25) is 0 Å². The van der Waals surface area contributed by atoms with E-state index in [0.717, 1.165) is 28.3 Å². The van der Waals surface area contributed by atoms with E-state index in [1.807, 2.05) is 0 Å². The first-order valence-electron chi connectivity index (χ1n) is 9.69. The van der Waals surface area contributed by atoms with Crippen LogP contribution in [0.1, 0.15) is 49.3 Å². The summed E-state index contributed by atoms with van der Waals surface area (Å²) in [6.07, 6.45) is -5.50. The fraction of sp³-hybridized carbons (Fsp3) is 0.273. The monoisotopic (exact) mass is 496 g/mol. The lowest BCUT2D eigenvalue weighted by Gasteiger charge is -2.10. The van der Waals surface area contributed by atoms with Crippen LogP contribution in [-0.2, 0) is 22.3 Å². The predicted octanol–water partition coefficient (Wildman–Crippen LogP) is 5.26. The minimum Gasteiger partial charge on any atom is -0.450 e. The quantitative estimate of drug-likeness (QED) is 0.356. The maximum atomic E-state index is 12.8. The number of amides is 1. The first-order valence-corrected chi connectivity index (χ1v) is 11.3. The van der Waals surface area contributed by atoms with Crippen molar-refractivity contribution in [1.82, 2.24) is 10.3 Å². The lowest BCUT2D eigenvalue weighted by Crippen LogP contribution is -2.23. The summed E-state index contributed by atoms with van der Waals surface area (Å²) in [7, 11) is 0. The summed E-state index contributed by atoms with van der Waals surface area (Å²) >= 11 is 2.18. The molecule has 1 amide bonds. The molecule has 174 valence electrons. The highest BCUT2D eigenvalue weighted by Crippen LogP contribution is 2.33. The smallest absolute Gasteiger partial charge is 0.416 e. The van der Waals surface area contributed by atoms with Crippen LogP contribution in [0.25, 0.3) is 10.6 Å². The van der Waals surface area contributed by atoms with Gasteiger partial charge in [0, 0.05) is 17.4 Å². The van der Waals surface area contributed by atoms with E-state index in [-0.39, 0.29) is 16.6 Å². The minimum absolute atomic E-state index is 0.169. The number of aryl methyl sites for hydroxylation is 1. The first-order chi connectivity index (χ1) is 15.5. The second-order valence-electron chi connectivity index (χ2n) is 7.10. The molecule has 33 heavy (non-hydrogen) atoms. The van der Waals surface area contributed by atoms with Crippen LogP contribution in [0.15, 0.2) is 36.4 Å². The van der Waals surface area contributed by atoms with Crippen molar-refractivity contribution in [1.29, 1.82) is 0 Å². The van der Waals surface area contributed by atoms with E-state index in [0.29, 0.717) is 27.7 Å². The molecule has 0 aliphatic rings. The molecule has 3 rings (SSSR count). The normalized spacial score (nSPS) is 12.3. The van der Waals surface area contributed by atoms with Gasteiger partial charge in [0.2, 0.25) is 11.7 Å². The molecule has 11 heteroatoms. The molecule has 0 saturated carbocycles. The third-order valence-corrected chi connectivity index (χ3v) is 6.80. The molecule has 1 unspecified atom stereocenters. The van der Waals surface area contributed by atoms with Gasteiger partial charge in [-0.3, -0.25) is 9.59 Å². The van der Waals surface area contributed by atoms with Crippen molar-refractivity contribution in [3.63, 3.8) is 0 Å². The molecular weight excluding hydrogens is 477 g/mol. The third-order valence-electron chi connectivity index (χ3n) is 4.51. The molecule has 0 aliphatic heterocycles. The Hall–Kier alpha value is -3.05. The summed E-state index contributed by atoms with van der Waals surface area (Å²) < 4.78 is 43.6. The van der Waals surface area contributed by atoms with Crippen LogP contribution in [0, 0.1) is 6.92 Å². The number of ketones is 1. The average molecular weight is 497 g/mol. The number of halogens is 3.